The Hall–Kier alpha value is -8.20. The van der Waals surface area contributed by atoms with Gasteiger partial charge in [-0.3, -0.25) is 0 Å². The Morgan fingerprint density at radius 3 is 1.42 bits per heavy atom. The van der Waals surface area contributed by atoms with Crippen molar-refractivity contribution < 1.29 is 0 Å². The zero-order valence-corrected chi connectivity index (χ0v) is 34.1. The molecule has 1 heterocycles. The molecular formula is C60H42N2. The lowest BCUT2D eigenvalue weighted by Crippen LogP contribution is -2.12. The van der Waals surface area contributed by atoms with E-state index in [1.807, 2.05) is 0 Å². The molecule has 0 aliphatic heterocycles. The molecule has 2 nitrogen and oxygen atoms in total. The topological polar surface area (TPSA) is 8.17 Å². The third-order valence-corrected chi connectivity index (χ3v) is 12.0. The number of aromatic nitrogens is 1. The Morgan fingerprint density at radius 2 is 0.758 bits per heavy atom. The molecule has 0 spiro atoms. The molecule has 1 aromatic heterocycles. The monoisotopic (exact) mass is 790 g/mol. The summed E-state index contributed by atoms with van der Waals surface area (Å²) in [4.78, 5) is 2.50. The summed E-state index contributed by atoms with van der Waals surface area (Å²) in [6, 6.07) is 92.2. The summed E-state index contributed by atoms with van der Waals surface area (Å²) >= 11 is 0. The maximum absolute atomic E-state index is 2.50. The molecule has 0 aliphatic carbocycles. The fourth-order valence-electron chi connectivity index (χ4n) is 9.09. The van der Waals surface area contributed by atoms with Crippen LogP contribution in [-0.4, -0.2) is 4.57 Å². The van der Waals surface area contributed by atoms with E-state index in [-0.39, 0.29) is 0 Å². The minimum atomic E-state index is 1.07. The van der Waals surface area contributed by atoms with Gasteiger partial charge in [0.2, 0.25) is 0 Å². The molecule has 0 aliphatic rings. The summed E-state index contributed by atoms with van der Waals surface area (Å²) < 4.78 is 2.40. The Balaban J connectivity index is 1.19. The summed E-state index contributed by atoms with van der Waals surface area (Å²) in [5, 5.41) is 2.40. The van der Waals surface area contributed by atoms with Crippen molar-refractivity contribution in [3.05, 3.63) is 255 Å². The lowest BCUT2D eigenvalue weighted by molar-refractivity contribution is 1.18. The van der Waals surface area contributed by atoms with E-state index in [0.29, 0.717) is 0 Å². The summed E-state index contributed by atoms with van der Waals surface area (Å²) in [5.41, 5.74) is 18.5. The zero-order valence-electron chi connectivity index (χ0n) is 34.1. The number of rotatable bonds is 9. The predicted molar refractivity (Wildman–Crippen MR) is 263 cm³/mol. The van der Waals surface area contributed by atoms with Crippen LogP contribution in [0.3, 0.4) is 0 Å². The first-order chi connectivity index (χ1) is 30.8. The largest absolute Gasteiger partial charge is 0.309 e. The van der Waals surface area contributed by atoms with Crippen molar-refractivity contribution in [2.75, 3.05) is 4.90 Å². The molecule has 10 aromatic carbocycles. The first kappa shape index (κ1) is 36.8. The molecule has 0 amide bonds. The van der Waals surface area contributed by atoms with E-state index in [0.717, 1.165) is 45.0 Å². The van der Waals surface area contributed by atoms with Gasteiger partial charge in [0.1, 0.15) is 0 Å². The number of benzene rings is 10. The fourth-order valence-corrected chi connectivity index (χ4v) is 9.09. The lowest BCUT2D eigenvalue weighted by Gasteiger charge is -2.30. The molecule has 0 N–H and O–H groups in total. The minimum absolute atomic E-state index is 1.07. The van der Waals surface area contributed by atoms with Gasteiger partial charge in [0.05, 0.1) is 22.4 Å². The van der Waals surface area contributed by atoms with Crippen molar-refractivity contribution in [1.82, 2.24) is 4.57 Å². The molecular weight excluding hydrogens is 749 g/mol. The van der Waals surface area contributed by atoms with Crippen molar-refractivity contribution >= 4 is 38.9 Å². The minimum Gasteiger partial charge on any atom is -0.309 e. The Bertz CT molecular complexity index is 3300. The number of fused-ring (bicyclic) bond motifs is 3. The van der Waals surface area contributed by atoms with Crippen LogP contribution in [0.4, 0.5) is 17.1 Å². The van der Waals surface area contributed by atoms with Crippen LogP contribution in [0.1, 0.15) is 0 Å². The highest BCUT2D eigenvalue weighted by atomic mass is 15.2. The molecule has 62 heavy (non-hydrogen) atoms. The van der Waals surface area contributed by atoms with Crippen LogP contribution in [0.15, 0.2) is 255 Å². The average molecular weight is 791 g/mol. The van der Waals surface area contributed by atoms with Crippen molar-refractivity contribution in [3.8, 4) is 61.3 Å². The maximum atomic E-state index is 2.50. The highest BCUT2D eigenvalue weighted by Gasteiger charge is 2.24. The SMILES string of the molecule is c1ccc(-c2ccc(-c3ccc(N(c4ccc(-c5ccccc5)cc4-c4ccccc4)c4cccc5c4c4ccccc4n5-c4ccccc4)cc3-c3ccccc3)cc2)cc1. The summed E-state index contributed by atoms with van der Waals surface area (Å²) in [5.74, 6) is 0. The fraction of sp³-hybridized carbons (Fsp3) is 0. The van der Waals surface area contributed by atoms with Gasteiger partial charge >= 0.3 is 0 Å². The van der Waals surface area contributed by atoms with Gasteiger partial charge in [-0.15, -0.1) is 0 Å². The van der Waals surface area contributed by atoms with E-state index in [9.17, 15) is 0 Å². The van der Waals surface area contributed by atoms with Gasteiger partial charge in [-0.25, -0.2) is 0 Å². The van der Waals surface area contributed by atoms with Crippen LogP contribution in [0.5, 0.6) is 0 Å². The highest BCUT2D eigenvalue weighted by Crippen LogP contribution is 2.49. The first-order valence-electron chi connectivity index (χ1n) is 21.3. The van der Waals surface area contributed by atoms with Crippen LogP contribution in [0.25, 0.3) is 83.1 Å². The number of hydrogen-bond acceptors (Lipinski definition) is 1. The Morgan fingerprint density at radius 1 is 0.274 bits per heavy atom. The summed E-state index contributed by atoms with van der Waals surface area (Å²) in [6.07, 6.45) is 0. The molecule has 0 radical (unpaired) electrons. The van der Waals surface area contributed by atoms with Gasteiger partial charge < -0.3 is 9.47 Å². The highest BCUT2D eigenvalue weighted by molar-refractivity contribution is 6.17. The third kappa shape index (κ3) is 6.74. The molecule has 292 valence electrons. The second-order valence-electron chi connectivity index (χ2n) is 15.7. The third-order valence-electron chi connectivity index (χ3n) is 12.0. The molecule has 11 aromatic rings. The number of nitrogens with zero attached hydrogens (tertiary/aromatic N) is 2. The van der Waals surface area contributed by atoms with Gasteiger partial charge in [0, 0.05) is 27.7 Å². The van der Waals surface area contributed by atoms with Gasteiger partial charge in [0.15, 0.2) is 0 Å². The molecule has 0 fully saturated rings. The van der Waals surface area contributed by atoms with Gasteiger partial charge in [-0.2, -0.15) is 0 Å². The van der Waals surface area contributed by atoms with E-state index < -0.39 is 0 Å². The lowest BCUT2D eigenvalue weighted by atomic mass is 9.92. The standard InChI is InChI=1S/C60H42N2/c1-6-19-43(20-7-1)45-33-35-48(36-34-45)52-39-38-51(42-54(52)46-23-10-3-11-24-46)62(57-40-37-49(44-21-8-2-9-22-44)41-55(57)47-25-12-4-13-26-47)59-32-18-31-58-60(59)53-29-16-17-30-56(53)61(58)50-27-14-5-15-28-50/h1-42H. The van der Waals surface area contributed by atoms with Crippen LogP contribution in [-0.2, 0) is 0 Å². The molecule has 0 saturated carbocycles. The van der Waals surface area contributed by atoms with E-state index in [4.69, 9.17) is 0 Å². The van der Waals surface area contributed by atoms with Crippen molar-refractivity contribution in [1.29, 1.82) is 0 Å². The average Bonchev–Trinajstić information content (AvgIpc) is 3.70. The predicted octanol–water partition coefficient (Wildman–Crippen LogP) is 16.6. The number of hydrogen-bond donors (Lipinski definition) is 0. The van der Waals surface area contributed by atoms with Crippen LogP contribution in [0, 0.1) is 0 Å². The van der Waals surface area contributed by atoms with Crippen LogP contribution >= 0.6 is 0 Å². The molecule has 0 saturated heterocycles. The molecule has 0 bridgehead atoms. The van der Waals surface area contributed by atoms with Crippen molar-refractivity contribution in [2.24, 2.45) is 0 Å². The van der Waals surface area contributed by atoms with Crippen LogP contribution < -0.4 is 4.90 Å². The Kier molecular flexibility index (Phi) is 9.57. The maximum Gasteiger partial charge on any atom is 0.0562 e. The van der Waals surface area contributed by atoms with E-state index >= 15 is 0 Å². The van der Waals surface area contributed by atoms with Crippen LogP contribution in [0.2, 0.25) is 0 Å². The molecule has 0 unspecified atom stereocenters. The quantitative estimate of drug-likeness (QED) is 0.141. The van der Waals surface area contributed by atoms with E-state index in [2.05, 4.69) is 264 Å². The molecule has 2 heteroatoms. The van der Waals surface area contributed by atoms with Gasteiger partial charge in [-0.05, 0) is 105 Å². The van der Waals surface area contributed by atoms with Gasteiger partial charge in [-0.1, -0.05) is 200 Å². The van der Waals surface area contributed by atoms with Crippen molar-refractivity contribution in [3.63, 3.8) is 0 Å². The van der Waals surface area contributed by atoms with Crippen molar-refractivity contribution in [2.45, 2.75) is 0 Å². The molecule has 11 rings (SSSR count). The molecule has 0 atom stereocenters. The smallest absolute Gasteiger partial charge is 0.0562 e. The first-order valence-corrected chi connectivity index (χ1v) is 21.3. The Labute approximate surface area is 362 Å². The second kappa shape index (κ2) is 16.1. The van der Waals surface area contributed by atoms with Gasteiger partial charge in [0.25, 0.3) is 0 Å². The normalized spacial score (nSPS) is 11.2. The number of para-hydroxylation sites is 2. The van der Waals surface area contributed by atoms with E-state index in [1.165, 1.54) is 55.2 Å². The summed E-state index contributed by atoms with van der Waals surface area (Å²) in [7, 11) is 0. The van der Waals surface area contributed by atoms with E-state index in [1.54, 1.807) is 0 Å². The summed E-state index contributed by atoms with van der Waals surface area (Å²) in [6.45, 7) is 0. The second-order valence-corrected chi connectivity index (χ2v) is 15.7. The number of anilines is 3. The zero-order chi connectivity index (χ0) is 41.2.